The molecule has 448 valence electrons. The van der Waals surface area contributed by atoms with Crippen molar-refractivity contribution in [3.05, 3.63) is 183 Å². The van der Waals surface area contributed by atoms with E-state index >= 15 is 0 Å². The molecule has 0 unspecified atom stereocenters. The third-order valence-electron chi connectivity index (χ3n) is 12.7. The first kappa shape index (κ1) is 53.8. The zero-order chi connectivity index (χ0) is 64.5. The maximum absolute atomic E-state index is 12.2. The number of aryl methyl sites for hydroxylation is 6. The van der Waals surface area contributed by atoms with Crippen LogP contribution in [0.3, 0.4) is 0 Å². The second-order valence-corrected chi connectivity index (χ2v) is 19.6. The molecule has 0 aromatic carbocycles. The number of hydrogen-bond donors (Lipinski definition) is 4. The normalized spacial score (nSPS) is 12.3. The number of aromatic nitrogens is 28. The summed E-state index contributed by atoms with van der Waals surface area (Å²) in [5.74, 6) is 3.26. The third kappa shape index (κ3) is 13.8. The Morgan fingerprint density at radius 3 is 1.20 bits per heavy atom. The van der Waals surface area contributed by atoms with Crippen LogP contribution in [-0.2, 0) is 61.0 Å². The highest BCUT2D eigenvalue weighted by atomic mass is 127. The Morgan fingerprint density at radius 1 is 0.471 bits per heavy atom. The number of H-pyrrole nitrogens is 4. The Bertz CT molecular complexity index is 4600. The largest absolute Gasteiger partial charge is 0.472 e. The monoisotopic (exact) mass is 1310 g/mol. The molecule has 4 N–H and O–H groups in total. The Morgan fingerprint density at radius 2 is 0.816 bits per heavy atom. The Balaban J connectivity index is 0.000000133. The zero-order valence-corrected chi connectivity index (χ0v) is 49.1. The minimum Gasteiger partial charge on any atom is -0.472 e. The molecule has 12 aromatic rings. The van der Waals surface area contributed by atoms with Crippen LogP contribution < -0.4 is 41.7 Å². The average molecular weight is 1310 g/mol. The highest BCUT2D eigenvalue weighted by Gasteiger charge is 2.29. The SMILES string of the molecule is [3H]n1ccc(OCc2c(C)ccnc2-n2nnn(C)c2=O)n1.[3H]n1ccc(OCc2c(C3CC3)ccnc2-n2nnn(C)c2=O)n1.[3H]n1ccc(OCc2c(CC)ccnc2-n2nnn(C)c2=O)n1.[3H]n1ccc(OCc2c(I)ccnc2-n2nnn(C)c2=O)n1. The van der Waals surface area contributed by atoms with E-state index in [-0.39, 0.29) is 37.8 Å². The molecule has 0 amide bonds. The molecular formula is C50H53IN28O8. The van der Waals surface area contributed by atoms with Gasteiger partial charge in [-0.05, 0) is 137 Å². The summed E-state index contributed by atoms with van der Waals surface area (Å²) in [6, 6.07) is 13.8. The minimum absolute atomic E-state index is 0.140. The summed E-state index contributed by atoms with van der Waals surface area (Å²) in [4.78, 5) is 65.2. The number of hydrogen-bond acceptors (Lipinski definition) is 24. The van der Waals surface area contributed by atoms with Gasteiger partial charge in [-0.3, -0.25) is 20.4 Å². The van der Waals surface area contributed by atoms with E-state index in [2.05, 4.69) is 105 Å². The molecule has 12 aromatic heterocycles. The molecule has 12 heterocycles. The van der Waals surface area contributed by atoms with E-state index in [1.54, 1.807) is 55.1 Å². The highest BCUT2D eigenvalue weighted by molar-refractivity contribution is 14.1. The molecule has 36 nitrogen and oxygen atoms in total. The van der Waals surface area contributed by atoms with Crippen molar-refractivity contribution >= 4 is 22.6 Å². The number of halogens is 1. The molecule has 0 aliphatic heterocycles. The molecule has 0 saturated heterocycles. The predicted octanol–water partition coefficient (Wildman–Crippen LogP) is 1.01. The van der Waals surface area contributed by atoms with Crippen LogP contribution in [0.1, 0.15) is 64.6 Å². The van der Waals surface area contributed by atoms with Crippen LogP contribution in [0.25, 0.3) is 23.3 Å². The summed E-state index contributed by atoms with van der Waals surface area (Å²) in [5, 5.41) is 49.1. The average Bonchev–Trinajstić information content (AvgIpc) is 2.00. The van der Waals surface area contributed by atoms with E-state index in [9.17, 15) is 19.2 Å². The van der Waals surface area contributed by atoms with Gasteiger partial charge in [0.2, 0.25) is 23.5 Å². The summed E-state index contributed by atoms with van der Waals surface area (Å²) in [5.41, 5.74) is 4.35. The van der Waals surface area contributed by atoms with Crippen molar-refractivity contribution in [2.45, 2.75) is 65.5 Å². The lowest BCUT2D eigenvalue weighted by Gasteiger charge is -2.12. The lowest BCUT2D eigenvalue weighted by atomic mass is 10.1. The van der Waals surface area contributed by atoms with Gasteiger partial charge >= 0.3 is 22.8 Å². The molecule has 1 aliphatic rings. The maximum Gasteiger partial charge on any atom is 0.369 e. The molecule has 1 aliphatic carbocycles. The summed E-state index contributed by atoms with van der Waals surface area (Å²) < 4.78 is 61.6. The van der Waals surface area contributed by atoms with Crippen molar-refractivity contribution in [3.63, 3.8) is 0 Å². The maximum atomic E-state index is 12.2. The van der Waals surface area contributed by atoms with E-state index in [1.165, 1.54) is 57.7 Å². The third-order valence-corrected chi connectivity index (χ3v) is 13.8. The van der Waals surface area contributed by atoms with Crippen LogP contribution in [0.5, 0.6) is 23.5 Å². The molecule has 1 fully saturated rings. The van der Waals surface area contributed by atoms with Crippen molar-refractivity contribution in [1.29, 1.82) is 0 Å². The van der Waals surface area contributed by atoms with Gasteiger partial charge in [-0.2, -0.15) is 18.7 Å². The summed E-state index contributed by atoms with van der Waals surface area (Å²) in [6.45, 7) is 4.52. The number of rotatable bonds is 18. The van der Waals surface area contributed by atoms with Crippen LogP contribution in [0.15, 0.2) is 117 Å². The standard InChI is InChI=1S/C14H15N7O2.C13H15N7O2.C12H13N7O2.C11H10IN7O2/c1-20-14(22)21(19-18-20)13-11(8-23-12-5-7-16-17-12)10(4-6-15-13)9-2-3-9;1-3-9-4-6-14-12(20-13(21)19(2)17-18-20)10(9)8-22-11-5-7-15-16-11;1-8-3-5-13-11(19-12(20)18(2)16-17-19)9(8)7-21-10-4-6-14-15-10;1-18-11(20)19(17-16-18)10-7(8(12)2-4-13-10)6-21-9-3-5-14-15-9/h4-7,9H,2-3,8H2,1H3,(H,16,17);4-7H,3,8H2,1-2H3,(H,15,16);3-6H,7H2,1-2H3,(H,14,15);2-5H,6H2,1H3,(H,14,15)/i/hT4. The van der Waals surface area contributed by atoms with Gasteiger partial charge < -0.3 is 18.9 Å². The molecular weight excluding hydrogens is 1250 g/mol. The first-order chi connectivity index (χ1) is 43.8. The van der Waals surface area contributed by atoms with E-state index in [0.717, 1.165) is 104 Å². The van der Waals surface area contributed by atoms with Gasteiger partial charge in [-0.1, -0.05) is 6.92 Å². The van der Waals surface area contributed by atoms with Gasteiger partial charge in [0.25, 0.3) is 0 Å². The Kier molecular flexibility index (Phi) is 16.7. The first-order valence-electron chi connectivity index (χ1n) is 27.8. The van der Waals surface area contributed by atoms with Crippen molar-refractivity contribution in [1.82, 2.24) is 140 Å². The lowest BCUT2D eigenvalue weighted by Crippen LogP contribution is -2.24. The molecule has 0 radical (unpaired) electrons. The van der Waals surface area contributed by atoms with Gasteiger partial charge in [0.05, 0.1) is 0 Å². The summed E-state index contributed by atoms with van der Waals surface area (Å²) in [6.07, 6.45) is 15.3. The van der Waals surface area contributed by atoms with Gasteiger partial charge in [0.1, 0.15) is 26.4 Å². The number of nitrogens with zero attached hydrogens (tertiary/aromatic N) is 24. The second kappa shape index (κ2) is 27.0. The minimum atomic E-state index is -0.397. The van der Waals surface area contributed by atoms with Gasteiger partial charge in [-0.15, -0.1) is 39.1 Å². The number of aromatic amines is 4. The highest BCUT2D eigenvalue weighted by Crippen LogP contribution is 2.42. The van der Waals surface area contributed by atoms with Crippen molar-refractivity contribution in [2.24, 2.45) is 28.2 Å². The fraction of sp³-hybridized carbons (Fsp3) is 0.280. The smallest absolute Gasteiger partial charge is 0.369 e. The molecule has 0 spiro atoms. The van der Waals surface area contributed by atoms with Crippen LogP contribution in [0.4, 0.5) is 0 Å². The molecule has 0 bridgehead atoms. The van der Waals surface area contributed by atoms with Crippen molar-refractivity contribution in [3.8, 4) is 46.8 Å². The fourth-order valence-electron chi connectivity index (χ4n) is 8.07. The van der Waals surface area contributed by atoms with Crippen molar-refractivity contribution in [2.75, 3.05) is 0 Å². The molecule has 87 heavy (non-hydrogen) atoms. The summed E-state index contributed by atoms with van der Waals surface area (Å²) >= 11 is 2.13. The van der Waals surface area contributed by atoms with Gasteiger partial charge in [0.15, 0.2) is 28.9 Å². The van der Waals surface area contributed by atoms with Crippen LogP contribution in [0, 0.1) is 10.5 Å². The van der Waals surface area contributed by atoms with E-state index in [0.29, 0.717) is 63.8 Å². The van der Waals surface area contributed by atoms with E-state index in [4.69, 9.17) is 24.6 Å². The zero-order valence-electron chi connectivity index (χ0n) is 50.9. The number of pyridine rings is 4. The molecule has 0 atom stereocenters. The quantitative estimate of drug-likeness (QED) is 0.0871. The van der Waals surface area contributed by atoms with Crippen molar-refractivity contribution < 1.29 is 24.6 Å². The molecule has 37 heteroatoms. The Hall–Kier alpha value is -11.2. The fourth-order valence-corrected chi connectivity index (χ4v) is 8.62. The Labute approximate surface area is 508 Å². The summed E-state index contributed by atoms with van der Waals surface area (Å²) in [7, 11) is 6.08. The number of nitrogens with one attached hydrogen (secondary N) is 4. The van der Waals surface area contributed by atoms with Crippen LogP contribution in [0.2, 0.25) is 5.65 Å². The molecule has 13 rings (SSSR count). The second-order valence-electron chi connectivity index (χ2n) is 18.4. The number of ether oxygens (including phenoxy) is 4. The topological polar surface area (TPSA) is 414 Å². The lowest BCUT2D eigenvalue weighted by molar-refractivity contribution is 0.291. The van der Waals surface area contributed by atoms with Gasteiger partial charge in [-0.25, -0.2) is 39.1 Å². The predicted molar refractivity (Wildman–Crippen MR) is 308 cm³/mol. The molecule has 1 saturated carbocycles. The van der Waals surface area contributed by atoms with Crippen LogP contribution in [-0.4, -0.2) is 140 Å². The van der Waals surface area contributed by atoms with E-state index in [1.807, 2.05) is 32.0 Å². The van der Waals surface area contributed by atoms with Crippen LogP contribution >= 0.6 is 22.6 Å². The van der Waals surface area contributed by atoms with Gasteiger partial charge in [0, 0.05) is 128 Å². The van der Waals surface area contributed by atoms with E-state index < -0.39 is 11.4 Å². The number of tetrazole rings is 4. The first-order valence-corrected chi connectivity index (χ1v) is 27.1.